The molecule has 1 saturated carbocycles. The van der Waals surface area contributed by atoms with Crippen LogP contribution in [0.3, 0.4) is 0 Å². The Kier molecular flexibility index (Phi) is 11.3. The molecule has 2 heterocycles. The predicted molar refractivity (Wildman–Crippen MR) is 216 cm³/mol. The van der Waals surface area contributed by atoms with Gasteiger partial charge in [0.15, 0.2) is 11.5 Å². The van der Waals surface area contributed by atoms with Crippen LogP contribution in [0.25, 0.3) is 11.1 Å². The summed E-state index contributed by atoms with van der Waals surface area (Å²) in [6.45, 7) is 6.90. The molecule has 3 aliphatic carbocycles. The van der Waals surface area contributed by atoms with Gasteiger partial charge >= 0.3 is 0 Å². The summed E-state index contributed by atoms with van der Waals surface area (Å²) in [5.74, 6) is 7.96. The number of ether oxygens (including phenoxy) is 4. The first-order valence-corrected chi connectivity index (χ1v) is 21.0. The van der Waals surface area contributed by atoms with Crippen molar-refractivity contribution in [3.63, 3.8) is 0 Å². The fourth-order valence-electron chi connectivity index (χ4n) is 10.5. The maximum absolute atomic E-state index is 12.1. The molecule has 0 saturated heterocycles. The first-order valence-electron chi connectivity index (χ1n) is 21.0. The van der Waals surface area contributed by atoms with Gasteiger partial charge in [-0.25, -0.2) is 0 Å². The van der Waals surface area contributed by atoms with Gasteiger partial charge in [-0.2, -0.15) is 0 Å². The van der Waals surface area contributed by atoms with Gasteiger partial charge in [0.1, 0.15) is 35.6 Å². The van der Waals surface area contributed by atoms with Gasteiger partial charge in [-0.15, -0.1) is 0 Å². The third-order valence-corrected chi connectivity index (χ3v) is 13.4. The zero-order chi connectivity index (χ0) is 39.1. The van der Waals surface area contributed by atoms with E-state index in [1.807, 2.05) is 30.3 Å². The Balaban J connectivity index is 1.20. The van der Waals surface area contributed by atoms with E-state index in [2.05, 4.69) is 51.0 Å². The lowest BCUT2D eigenvalue weighted by Gasteiger charge is -2.42. The van der Waals surface area contributed by atoms with Gasteiger partial charge in [0.2, 0.25) is 0 Å². The van der Waals surface area contributed by atoms with E-state index in [4.69, 9.17) is 18.9 Å². The molecular weight excluding hydrogens is 705 g/mol. The standard InChI is InChI=1S/C48H58O8/c1-5-29-19-32(11-10-30(29)14-15-49)36-20-34-22-39(51)35(17-27(2)3)21-37(34)47-45(53-4)25-43-38(46(36)47)24-40(52)48(56-43)33-12-13-41-44(23-33)55-42-18-28(26-50)8-9-31(42)7-6-16-54-41/h10-13,21-23,25,27-32,36,40,42,48-52H,5,7-9,14-15,17-20,24,26H2,1-4H3. The average molecular weight is 763 g/mol. The third kappa shape index (κ3) is 7.39. The number of phenols is 1. The van der Waals surface area contributed by atoms with Crippen LogP contribution in [0.2, 0.25) is 0 Å². The summed E-state index contributed by atoms with van der Waals surface area (Å²) in [5, 5.41) is 43.1. The van der Waals surface area contributed by atoms with Crippen molar-refractivity contribution in [3.05, 3.63) is 76.4 Å². The number of rotatable bonds is 9. The lowest BCUT2D eigenvalue weighted by Crippen LogP contribution is -2.35. The van der Waals surface area contributed by atoms with E-state index in [-0.39, 0.29) is 43.0 Å². The molecule has 5 aliphatic rings. The fourth-order valence-corrected chi connectivity index (χ4v) is 10.5. The van der Waals surface area contributed by atoms with Crippen molar-refractivity contribution in [2.75, 3.05) is 20.3 Å². The summed E-state index contributed by atoms with van der Waals surface area (Å²) in [7, 11) is 1.71. The molecular formula is C48H58O8. The number of methoxy groups -OCH3 is 1. The molecule has 9 atom stereocenters. The van der Waals surface area contributed by atoms with E-state index in [1.165, 1.54) is 5.56 Å². The van der Waals surface area contributed by atoms with E-state index in [0.29, 0.717) is 53.6 Å². The Labute approximate surface area is 331 Å². The van der Waals surface area contributed by atoms with Gasteiger partial charge in [-0.1, -0.05) is 51.3 Å². The fraction of sp³-hybridized carbons (Fsp3) is 0.542. The molecule has 2 aliphatic heterocycles. The van der Waals surface area contributed by atoms with Crippen LogP contribution in [0, 0.1) is 47.5 Å². The number of fused-ring (bicyclic) bond motifs is 7. The molecule has 298 valence electrons. The van der Waals surface area contributed by atoms with Gasteiger partial charge in [0.25, 0.3) is 0 Å². The maximum Gasteiger partial charge on any atom is 0.182 e. The summed E-state index contributed by atoms with van der Waals surface area (Å²) in [5.41, 5.74) is 7.10. The smallest absolute Gasteiger partial charge is 0.182 e. The number of aliphatic hydroxyl groups excluding tert-OH is 3. The number of hydrogen-bond donors (Lipinski definition) is 4. The molecule has 4 N–H and O–H groups in total. The van der Waals surface area contributed by atoms with Gasteiger partial charge in [0.05, 0.1) is 13.2 Å². The topological polar surface area (TPSA) is 118 Å². The van der Waals surface area contributed by atoms with Crippen molar-refractivity contribution in [2.45, 2.75) is 109 Å². The zero-order valence-corrected chi connectivity index (χ0v) is 33.3. The quantitative estimate of drug-likeness (QED) is 0.127. The van der Waals surface area contributed by atoms with Crippen LogP contribution in [0.5, 0.6) is 28.7 Å². The molecule has 8 heteroatoms. The molecule has 1 fully saturated rings. The Morgan fingerprint density at radius 2 is 1.82 bits per heavy atom. The van der Waals surface area contributed by atoms with Crippen LogP contribution in [-0.2, 0) is 19.3 Å². The van der Waals surface area contributed by atoms with Gasteiger partial charge in [0, 0.05) is 49.2 Å². The molecule has 56 heavy (non-hydrogen) atoms. The number of hydrogen-bond acceptors (Lipinski definition) is 8. The molecule has 3 aromatic rings. The Morgan fingerprint density at radius 1 is 0.964 bits per heavy atom. The summed E-state index contributed by atoms with van der Waals surface area (Å²) in [6, 6.07) is 11.8. The highest BCUT2D eigenvalue weighted by molar-refractivity contribution is 5.83. The molecule has 0 bridgehead atoms. The van der Waals surface area contributed by atoms with Crippen molar-refractivity contribution in [1.82, 2.24) is 0 Å². The molecule has 0 amide bonds. The molecule has 8 rings (SSSR count). The molecule has 0 spiro atoms. The largest absolute Gasteiger partial charge is 0.508 e. The Hall–Kier alpha value is -4.16. The highest BCUT2D eigenvalue weighted by Gasteiger charge is 2.42. The highest BCUT2D eigenvalue weighted by Crippen LogP contribution is 2.56. The number of allylic oxidation sites excluding steroid dienone is 2. The van der Waals surface area contributed by atoms with E-state index in [1.54, 1.807) is 7.11 Å². The maximum atomic E-state index is 12.1. The van der Waals surface area contributed by atoms with E-state index in [9.17, 15) is 20.4 Å². The van der Waals surface area contributed by atoms with Crippen molar-refractivity contribution in [3.8, 4) is 51.9 Å². The first-order chi connectivity index (χ1) is 27.2. The van der Waals surface area contributed by atoms with Crippen LogP contribution in [0.1, 0.15) is 106 Å². The summed E-state index contributed by atoms with van der Waals surface area (Å²) in [4.78, 5) is 0. The Morgan fingerprint density at radius 3 is 2.59 bits per heavy atom. The van der Waals surface area contributed by atoms with Gasteiger partial charge < -0.3 is 39.4 Å². The second-order valence-electron chi connectivity index (χ2n) is 17.4. The lowest BCUT2D eigenvalue weighted by molar-refractivity contribution is 0.0194. The van der Waals surface area contributed by atoms with Crippen molar-refractivity contribution < 1.29 is 39.4 Å². The van der Waals surface area contributed by atoms with Crippen LogP contribution in [-0.4, -0.2) is 53.0 Å². The molecule has 8 nitrogen and oxygen atoms in total. The first kappa shape index (κ1) is 38.7. The van der Waals surface area contributed by atoms with Crippen LogP contribution in [0.4, 0.5) is 0 Å². The van der Waals surface area contributed by atoms with E-state index < -0.39 is 12.2 Å². The van der Waals surface area contributed by atoms with Gasteiger partial charge in [-0.3, -0.25) is 0 Å². The molecule has 9 unspecified atom stereocenters. The minimum Gasteiger partial charge on any atom is -0.508 e. The summed E-state index contributed by atoms with van der Waals surface area (Å²) in [6.07, 6.45) is 14.0. The van der Waals surface area contributed by atoms with E-state index in [0.717, 1.165) is 90.5 Å². The number of aliphatic hydroxyl groups is 3. The number of phenolic OH excluding ortho intramolecular Hbond substituents is 1. The third-order valence-electron chi connectivity index (χ3n) is 13.4. The monoisotopic (exact) mass is 762 g/mol. The predicted octanol–water partition coefficient (Wildman–Crippen LogP) is 8.44. The van der Waals surface area contributed by atoms with E-state index >= 15 is 0 Å². The van der Waals surface area contributed by atoms with Crippen LogP contribution >= 0.6 is 0 Å². The van der Waals surface area contributed by atoms with Crippen molar-refractivity contribution in [2.24, 2.45) is 35.5 Å². The van der Waals surface area contributed by atoms with Gasteiger partial charge in [-0.05, 0) is 133 Å². The number of benzene rings is 3. The second-order valence-corrected chi connectivity index (χ2v) is 17.4. The van der Waals surface area contributed by atoms with Crippen molar-refractivity contribution in [1.29, 1.82) is 0 Å². The lowest BCUT2D eigenvalue weighted by atomic mass is 9.65. The van der Waals surface area contributed by atoms with Crippen molar-refractivity contribution >= 4 is 0 Å². The van der Waals surface area contributed by atoms with Crippen LogP contribution in [0.15, 0.2) is 48.6 Å². The summed E-state index contributed by atoms with van der Waals surface area (Å²) >= 11 is 0. The molecule has 0 aromatic heterocycles. The molecule has 0 radical (unpaired) electrons. The minimum atomic E-state index is -0.839. The second kappa shape index (κ2) is 16.4. The number of aromatic hydroxyl groups is 1. The zero-order valence-electron chi connectivity index (χ0n) is 33.3. The minimum absolute atomic E-state index is 0.0719. The molecule has 3 aromatic carbocycles. The SMILES string of the molecule is CCC1CC(C2Cc3cc(O)c(CC(C)C)cc3-c3c(OC)cc4c(c32)CC(O)C(c2ccc3c(c2)OC2CC(CO)CCC2CC#CO3)O4)C=CC1CCO. The Bertz CT molecular complexity index is 2010. The average Bonchev–Trinajstić information content (AvgIpc) is 3.28. The normalized spacial score (nSPS) is 28.9. The summed E-state index contributed by atoms with van der Waals surface area (Å²) < 4.78 is 25.7. The van der Waals surface area contributed by atoms with Crippen LogP contribution < -0.4 is 18.9 Å². The highest BCUT2D eigenvalue weighted by atomic mass is 16.5.